The molecule has 1 fully saturated rings. The Hall–Kier alpha value is -1.55. The molecule has 4 heteroatoms. The van der Waals surface area contributed by atoms with E-state index >= 15 is 0 Å². The van der Waals surface area contributed by atoms with Gasteiger partial charge in [0.25, 0.3) is 5.91 Å². The molecule has 0 spiro atoms. The minimum Gasteiger partial charge on any atom is -0.496 e. The lowest BCUT2D eigenvalue weighted by Crippen LogP contribution is -2.30. The summed E-state index contributed by atoms with van der Waals surface area (Å²) in [5.74, 6) is 1.28. The van der Waals surface area contributed by atoms with Crippen LogP contribution in [0.2, 0.25) is 0 Å². The number of hydrogen-bond acceptors (Lipinski definition) is 3. The summed E-state index contributed by atoms with van der Waals surface area (Å²) >= 11 is 0. The summed E-state index contributed by atoms with van der Waals surface area (Å²) < 4.78 is 5.22. The topological polar surface area (TPSA) is 50.4 Å². The number of carbonyl (C=O) groups excluding carboxylic acids is 1. The van der Waals surface area contributed by atoms with E-state index in [2.05, 4.69) is 10.6 Å². The van der Waals surface area contributed by atoms with Crippen molar-refractivity contribution < 1.29 is 9.53 Å². The van der Waals surface area contributed by atoms with Gasteiger partial charge in [-0.25, -0.2) is 0 Å². The summed E-state index contributed by atoms with van der Waals surface area (Å²) in [6.07, 6.45) is 1.14. The lowest BCUT2D eigenvalue weighted by atomic mass is 10.1. The minimum absolute atomic E-state index is 0.0276. The van der Waals surface area contributed by atoms with Crippen molar-refractivity contribution in [2.45, 2.75) is 13.3 Å². The standard InChI is InChI=1S/C14H20N2O2/c1-10-3-4-12(7-13(10)18-2)14(17)16-9-11-5-6-15-8-11/h3-4,7,11,15H,5-6,8-9H2,1-2H3,(H,16,17). The van der Waals surface area contributed by atoms with E-state index in [-0.39, 0.29) is 5.91 Å². The van der Waals surface area contributed by atoms with Gasteiger partial charge in [0.05, 0.1) is 7.11 Å². The van der Waals surface area contributed by atoms with Crippen LogP contribution < -0.4 is 15.4 Å². The molecule has 1 aromatic carbocycles. The van der Waals surface area contributed by atoms with Gasteiger partial charge in [0, 0.05) is 12.1 Å². The normalized spacial score (nSPS) is 18.7. The maximum atomic E-state index is 12.0. The van der Waals surface area contributed by atoms with E-state index in [9.17, 15) is 4.79 Å². The Labute approximate surface area is 108 Å². The monoisotopic (exact) mass is 248 g/mol. The van der Waals surface area contributed by atoms with E-state index in [0.29, 0.717) is 11.5 Å². The highest BCUT2D eigenvalue weighted by atomic mass is 16.5. The van der Waals surface area contributed by atoms with Gasteiger partial charge in [0.15, 0.2) is 0 Å². The quantitative estimate of drug-likeness (QED) is 0.845. The number of benzene rings is 1. The first-order valence-electron chi connectivity index (χ1n) is 6.34. The predicted molar refractivity (Wildman–Crippen MR) is 71.0 cm³/mol. The van der Waals surface area contributed by atoms with E-state index in [4.69, 9.17) is 4.74 Å². The van der Waals surface area contributed by atoms with E-state index in [1.165, 1.54) is 0 Å². The molecular weight excluding hydrogens is 228 g/mol. The number of amides is 1. The smallest absolute Gasteiger partial charge is 0.251 e. The van der Waals surface area contributed by atoms with Gasteiger partial charge in [0.1, 0.15) is 5.75 Å². The first-order chi connectivity index (χ1) is 8.70. The molecular formula is C14H20N2O2. The summed E-state index contributed by atoms with van der Waals surface area (Å²) in [5.41, 5.74) is 1.69. The van der Waals surface area contributed by atoms with Crippen molar-refractivity contribution in [3.63, 3.8) is 0 Å². The molecule has 1 aliphatic heterocycles. The zero-order valence-corrected chi connectivity index (χ0v) is 11.0. The van der Waals surface area contributed by atoms with Gasteiger partial charge in [-0.15, -0.1) is 0 Å². The van der Waals surface area contributed by atoms with E-state index in [0.717, 1.165) is 37.4 Å². The van der Waals surface area contributed by atoms with Gasteiger partial charge in [-0.2, -0.15) is 0 Å². The van der Waals surface area contributed by atoms with Gasteiger partial charge in [-0.1, -0.05) is 6.07 Å². The van der Waals surface area contributed by atoms with Crippen LogP contribution in [-0.4, -0.2) is 32.7 Å². The molecule has 1 heterocycles. The fraction of sp³-hybridized carbons (Fsp3) is 0.500. The number of aryl methyl sites for hydroxylation is 1. The van der Waals surface area contributed by atoms with E-state index in [1.54, 1.807) is 13.2 Å². The highest BCUT2D eigenvalue weighted by Gasteiger charge is 2.16. The second kappa shape index (κ2) is 5.87. The number of hydrogen-bond donors (Lipinski definition) is 2. The number of methoxy groups -OCH3 is 1. The molecule has 0 radical (unpaired) electrons. The fourth-order valence-electron chi connectivity index (χ4n) is 2.19. The van der Waals surface area contributed by atoms with Crippen LogP contribution in [0.1, 0.15) is 22.3 Å². The van der Waals surface area contributed by atoms with E-state index in [1.807, 2.05) is 19.1 Å². The first kappa shape index (κ1) is 12.9. The highest BCUT2D eigenvalue weighted by molar-refractivity contribution is 5.94. The number of nitrogens with one attached hydrogen (secondary N) is 2. The number of rotatable bonds is 4. The Kier molecular flexibility index (Phi) is 4.20. The van der Waals surface area contributed by atoms with Crippen LogP contribution >= 0.6 is 0 Å². The second-order valence-electron chi connectivity index (χ2n) is 4.75. The maximum Gasteiger partial charge on any atom is 0.251 e. The Bertz CT molecular complexity index is 426. The third kappa shape index (κ3) is 3.01. The van der Waals surface area contributed by atoms with E-state index < -0.39 is 0 Å². The van der Waals surface area contributed by atoms with Crippen molar-refractivity contribution in [3.05, 3.63) is 29.3 Å². The molecule has 0 aromatic heterocycles. The summed E-state index contributed by atoms with van der Waals surface area (Å²) in [7, 11) is 1.62. The summed E-state index contributed by atoms with van der Waals surface area (Å²) in [6, 6.07) is 5.53. The fourth-order valence-corrected chi connectivity index (χ4v) is 2.19. The average molecular weight is 248 g/mol. The minimum atomic E-state index is -0.0276. The summed E-state index contributed by atoms with van der Waals surface area (Å²) in [4.78, 5) is 12.0. The van der Waals surface area contributed by atoms with Crippen LogP contribution in [0.15, 0.2) is 18.2 Å². The van der Waals surface area contributed by atoms with Crippen molar-refractivity contribution in [2.75, 3.05) is 26.7 Å². The van der Waals surface area contributed by atoms with Gasteiger partial charge in [-0.05, 0) is 50.0 Å². The largest absolute Gasteiger partial charge is 0.496 e. The molecule has 2 rings (SSSR count). The molecule has 0 aliphatic carbocycles. The molecule has 18 heavy (non-hydrogen) atoms. The number of carbonyl (C=O) groups is 1. The third-order valence-electron chi connectivity index (χ3n) is 3.38. The first-order valence-corrected chi connectivity index (χ1v) is 6.34. The molecule has 1 amide bonds. The SMILES string of the molecule is COc1cc(C(=O)NCC2CCNC2)ccc1C. The van der Waals surface area contributed by atoms with Crippen LogP contribution in [0, 0.1) is 12.8 Å². The molecule has 4 nitrogen and oxygen atoms in total. The molecule has 98 valence electrons. The predicted octanol–water partition coefficient (Wildman–Crippen LogP) is 1.34. The van der Waals surface area contributed by atoms with Gasteiger partial charge >= 0.3 is 0 Å². The van der Waals surface area contributed by atoms with Crippen molar-refractivity contribution in [1.29, 1.82) is 0 Å². The highest BCUT2D eigenvalue weighted by Crippen LogP contribution is 2.18. The van der Waals surface area contributed by atoms with Gasteiger partial charge in [-0.3, -0.25) is 4.79 Å². The van der Waals surface area contributed by atoms with Crippen molar-refractivity contribution in [3.8, 4) is 5.75 Å². The van der Waals surface area contributed by atoms with Crippen molar-refractivity contribution >= 4 is 5.91 Å². The van der Waals surface area contributed by atoms with Crippen LogP contribution in [0.4, 0.5) is 0 Å². The molecule has 1 atom stereocenters. The van der Waals surface area contributed by atoms with Crippen molar-refractivity contribution in [2.24, 2.45) is 5.92 Å². The maximum absolute atomic E-state index is 12.0. The van der Waals surface area contributed by atoms with Crippen LogP contribution in [0.5, 0.6) is 5.75 Å². The van der Waals surface area contributed by atoms with Gasteiger partial charge in [0.2, 0.25) is 0 Å². The zero-order valence-electron chi connectivity index (χ0n) is 11.0. The molecule has 1 aromatic rings. The molecule has 1 aliphatic rings. The van der Waals surface area contributed by atoms with Crippen molar-refractivity contribution in [1.82, 2.24) is 10.6 Å². The molecule has 0 saturated carbocycles. The van der Waals surface area contributed by atoms with Crippen LogP contribution in [0.3, 0.4) is 0 Å². The molecule has 1 unspecified atom stereocenters. The second-order valence-corrected chi connectivity index (χ2v) is 4.75. The van der Waals surface area contributed by atoms with Crippen LogP contribution in [0.25, 0.3) is 0 Å². The zero-order chi connectivity index (χ0) is 13.0. The molecule has 1 saturated heterocycles. The lowest BCUT2D eigenvalue weighted by molar-refractivity contribution is 0.0948. The molecule has 0 bridgehead atoms. The third-order valence-corrected chi connectivity index (χ3v) is 3.38. The van der Waals surface area contributed by atoms with Crippen LogP contribution in [-0.2, 0) is 0 Å². The van der Waals surface area contributed by atoms with Gasteiger partial charge < -0.3 is 15.4 Å². The Morgan fingerprint density at radius 2 is 2.39 bits per heavy atom. The Morgan fingerprint density at radius 3 is 3.06 bits per heavy atom. The Morgan fingerprint density at radius 1 is 1.56 bits per heavy atom. The lowest BCUT2D eigenvalue weighted by Gasteiger charge is -2.11. The molecule has 2 N–H and O–H groups in total. The Balaban J connectivity index is 1.95. The summed E-state index contributed by atoms with van der Waals surface area (Å²) in [5, 5.41) is 6.27. The summed E-state index contributed by atoms with van der Waals surface area (Å²) in [6.45, 7) is 4.75. The average Bonchev–Trinajstić information content (AvgIpc) is 2.89. The number of ether oxygens (including phenoxy) is 1.